The topological polar surface area (TPSA) is 78.4 Å². The molecule has 1 aliphatic heterocycles. The molecule has 2 amide bonds. The molecule has 1 aromatic carbocycles. The van der Waals surface area contributed by atoms with Crippen molar-refractivity contribution < 1.29 is 14.7 Å². The van der Waals surface area contributed by atoms with Crippen LogP contribution in [0.4, 0.5) is 0 Å². The van der Waals surface area contributed by atoms with Crippen LogP contribution in [0.5, 0.6) is 0 Å². The number of hydrogen-bond acceptors (Lipinski definition) is 3. The lowest BCUT2D eigenvalue weighted by atomic mass is 10.0. The van der Waals surface area contributed by atoms with Gasteiger partial charge in [0, 0.05) is 17.7 Å². The molecular weight excluding hydrogens is 280 g/mol. The Bertz CT molecular complexity index is 635. The lowest BCUT2D eigenvalue weighted by Crippen LogP contribution is -2.50. The van der Waals surface area contributed by atoms with Gasteiger partial charge in [-0.25, -0.2) is 0 Å². The van der Waals surface area contributed by atoms with E-state index in [0.717, 1.165) is 6.42 Å². The first-order chi connectivity index (χ1) is 10.3. The molecule has 1 aliphatic rings. The van der Waals surface area contributed by atoms with E-state index in [-0.39, 0.29) is 11.8 Å². The normalized spacial score (nSPS) is 18.0. The third-order valence-corrected chi connectivity index (χ3v) is 3.23. The molecule has 0 bridgehead atoms. The van der Waals surface area contributed by atoms with Crippen LogP contribution in [0.15, 0.2) is 24.3 Å². The fourth-order valence-electron chi connectivity index (χ4n) is 2.11. The summed E-state index contributed by atoms with van der Waals surface area (Å²) in [6, 6.07) is 6.33. The molecule has 1 unspecified atom stereocenters. The van der Waals surface area contributed by atoms with Crippen molar-refractivity contribution in [3.05, 3.63) is 35.4 Å². The molecule has 5 heteroatoms. The van der Waals surface area contributed by atoms with E-state index in [9.17, 15) is 14.7 Å². The van der Waals surface area contributed by atoms with Crippen molar-refractivity contribution in [1.29, 1.82) is 0 Å². The number of amides is 2. The van der Waals surface area contributed by atoms with Crippen LogP contribution in [0.25, 0.3) is 0 Å². The van der Waals surface area contributed by atoms with Crippen LogP contribution in [-0.2, 0) is 4.79 Å². The number of carbonyl (C=O) groups is 2. The number of hydrogen-bond donors (Lipinski definition) is 3. The Labute approximate surface area is 130 Å². The van der Waals surface area contributed by atoms with Gasteiger partial charge in [-0.1, -0.05) is 17.9 Å². The molecule has 22 heavy (non-hydrogen) atoms. The van der Waals surface area contributed by atoms with Crippen LogP contribution in [0.3, 0.4) is 0 Å². The highest BCUT2D eigenvalue weighted by Crippen LogP contribution is 2.08. The fraction of sp³-hybridized carbons (Fsp3) is 0.412. The highest BCUT2D eigenvalue weighted by atomic mass is 16.3. The lowest BCUT2D eigenvalue weighted by Gasteiger charge is -2.22. The van der Waals surface area contributed by atoms with E-state index < -0.39 is 11.6 Å². The van der Waals surface area contributed by atoms with Gasteiger partial charge < -0.3 is 15.7 Å². The molecule has 5 nitrogen and oxygen atoms in total. The molecule has 1 saturated heterocycles. The second-order valence-corrected chi connectivity index (χ2v) is 5.85. The zero-order valence-electron chi connectivity index (χ0n) is 12.8. The highest BCUT2D eigenvalue weighted by molar-refractivity contribution is 5.97. The van der Waals surface area contributed by atoms with Crippen LogP contribution >= 0.6 is 0 Å². The first kappa shape index (κ1) is 16.1. The number of carbonyl (C=O) groups excluding carboxylic acids is 2. The second kappa shape index (κ2) is 6.63. The van der Waals surface area contributed by atoms with Gasteiger partial charge in [-0.15, -0.1) is 0 Å². The van der Waals surface area contributed by atoms with Crippen LogP contribution in [0.2, 0.25) is 0 Å². The summed E-state index contributed by atoms with van der Waals surface area (Å²) >= 11 is 0. The number of nitrogens with one attached hydrogen (secondary N) is 2. The van der Waals surface area contributed by atoms with Crippen molar-refractivity contribution in [2.45, 2.75) is 38.3 Å². The number of aliphatic hydroxyl groups is 1. The van der Waals surface area contributed by atoms with Gasteiger partial charge in [0.1, 0.15) is 11.6 Å². The first-order valence-electron chi connectivity index (χ1n) is 7.29. The number of piperidine rings is 1. The van der Waals surface area contributed by atoms with Gasteiger partial charge in [0.2, 0.25) is 5.91 Å². The van der Waals surface area contributed by atoms with E-state index in [0.29, 0.717) is 24.1 Å². The quantitative estimate of drug-likeness (QED) is 0.708. The van der Waals surface area contributed by atoms with Crippen LogP contribution in [-0.4, -0.2) is 35.1 Å². The Morgan fingerprint density at radius 2 is 2.23 bits per heavy atom. The Hall–Kier alpha value is -2.32. The Balaban J connectivity index is 2.09. The molecule has 1 atom stereocenters. The summed E-state index contributed by atoms with van der Waals surface area (Å²) in [5, 5.41) is 15.1. The van der Waals surface area contributed by atoms with Crippen molar-refractivity contribution in [3.8, 4) is 11.8 Å². The average Bonchev–Trinajstić information content (AvgIpc) is 2.47. The highest BCUT2D eigenvalue weighted by Gasteiger charge is 2.23. The predicted molar refractivity (Wildman–Crippen MR) is 83.1 cm³/mol. The second-order valence-electron chi connectivity index (χ2n) is 5.85. The maximum atomic E-state index is 12.2. The SMILES string of the molecule is CC(C)(O)C#Cc1cccc(C(=O)NC2CCCNC2=O)c1. The zero-order valence-corrected chi connectivity index (χ0v) is 12.8. The monoisotopic (exact) mass is 300 g/mol. The zero-order chi connectivity index (χ0) is 16.2. The summed E-state index contributed by atoms with van der Waals surface area (Å²) in [6.45, 7) is 3.85. The van der Waals surface area contributed by atoms with Crippen molar-refractivity contribution in [3.63, 3.8) is 0 Å². The standard InChI is InChI=1S/C17H20N2O3/c1-17(2,22)9-8-12-5-3-6-13(11-12)15(20)19-14-7-4-10-18-16(14)21/h3,5-6,11,14,22H,4,7,10H2,1-2H3,(H,18,21)(H,19,20). The van der Waals surface area contributed by atoms with Gasteiger partial charge in [-0.3, -0.25) is 9.59 Å². The molecule has 0 saturated carbocycles. The van der Waals surface area contributed by atoms with E-state index in [2.05, 4.69) is 22.5 Å². The smallest absolute Gasteiger partial charge is 0.251 e. The molecule has 2 rings (SSSR count). The molecule has 0 radical (unpaired) electrons. The summed E-state index contributed by atoms with van der Waals surface area (Å²) in [5.74, 6) is 5.10. The molecule has 116 valence electrons. The molecule has 0 aromatic heterocycles. The fourth-order valence-corrected chi connectivity index (χ4v) is 2.11. The lowest BCUT2D eigenvalue weighted by molar-refractivity contribution is -0.124. The minimum absolute atomic E-state index is 0.141. The van der Waals surface area contributed by atoms with E-state index in [1.165, 1.54) is 0 Å². The Kier molecular flexibility index (Phi) is 4.84. The number of rotatable bonds is 2. The molecule has 1 aromatic rings. The van der Waals surface area contributed by atoms with Crippen molar-refractivity contribution in [1.82, 2.24) is 10.6 Å². The van der Waals surface area contributed by atoms with Gasteiger partial charge in [-0.2, -0.15) is 0 Å². The summed E-state index contributed by atoms with van der Waals surface area (Å²) in [5.41, 5.74) is 0.00197. The van der Waals surface area contributed by atoms with Crippen molar-refractivity contribution >= 4 is 11.8 Å². The van der Waals surface area contributed by atoms with Crippen LogP contribution in [0, 0.1) is 11.8 Å². The van der Waals surface area contributed by atoms with Crippen LogP contribution < -0.4 is 10.6 Å². The summed E-state index contributed by atoms with van der Waals surface area (Å²) < 4.78 is 0. The largest absolute Gasteiger partial charge is 0.378 e. The van der Waals surface area contributed by atoms with Gasteiger partial charge in [0.05, 0.1) is 0 Å². The van der Waals surface area contributed by atoms with E-state index >= 15 is 0 Å². The van der Waals surface area contributed by atoms with Gasteiger partial charge in [0.15, 0.2) is 0 Å². The molecule has 1 fully saturated rings. The first-order valence-corrected chi connectivity index (χ1v) is 7.29. The van der Waals surface area contributed by atoms with Crippen molar-refractivity contribution in [2.24, 2.45) is 0 Å². The third-order valence-electron chi connectivity index (χ3n) is 3.23. The van der Waals surface area contributed by atoms with E-state index in [4.69, 9.17) is 0 Å². The molecule has 1 heterocycles. The minimum Gasteiger partial charge on any atom is -0.378 e. The summed E-state index contributed by atoms with van der Waals surface area (Å²) in [7, 11) is 0. The maximum absolute atomic E-state index is 12.2. The van der Waals surface area contributed by atoms with Gasteiger partial charge >= 0.3 is 0 Å². The molecular formula is C17H20N2O3. The third kappa shape index (κ3) is 4.61. The van der Waals surface area contributed by atoms with Crippen molar-refractivity contribution in [2.75, 3.05) is 6.54 Å². The van der Waals surface area contributed by atoms with Gasteiger partial charge in [-0.05, 0) is 44.9 Å². The average molecular weight is 300 g/mol. The molecule has 3 N–H and O–H groups in total. The van der Waals surface area contributed by atoms with Crippen LogP contribution in [0.1, 0.15) is 42.6 Å². The Morgan fingerprint density at radius 1 is 1.45 bits per heavy atom. The molecule has 0 aliphatic carbocycles. The maximum Gasteiger partial charge on any atom is 0.251 e. The summed E-state index contributed by atoms with van der Waals surface area (Å²) in [4.78, 5) is 23.9. The Morgan fingerprint density at radius 3 is 2.91 bits per heavy atom. The minimum atomic E-state index is -1.08. The number of benzene rings is 1. The van der Waals surface area contributed by atoms with E-state index in [1.807, 2.05) is 0 Å². The van der Waals surface area contributed by atoms with E-state index in [1.54, 1.807) is 38.1 Å². The van der Waals surface area contributed by atoms with Gasteiger partial charge in [0.25, 0.3) is 5.91 Å². The summed E-state index contributed by atoms with van der Waals surface area (Å²) in [6.07, 6.45) is 1.50. The predicted octanol–water partition coefficient (Wildman–Crippen LogP) is 0.817. The molecule has 0 spiro atoms.